The Balaban J connectivity index is 2.12. The van der Waals surface area contributed by atoms with Gasteiger partial charge in [0.15, 0.2) is 0 Å². The van der Waals surface area contributed by atoms with Crippen LogP contribution in [-0.2, 0) is 4.74 Å². The molecule has 1 aromatic carbocycles. The predicted octanol–water partition coefficient (Wildman–Crippen LogP) is 3.07. The molecule has 0 saturated heterocycles. The average molecular weight is 286 g/mol. The van der Waals surface area contributed by atoms with Crippen LogP contribution < -0.4 is 4.74 Å². The average Bonchev–Trinajstić information content (AvgIpc) is 2.37. The normalized spacial score (nSPS) is 25.7. The van der Waals surface area contributed by atoms with Crippen molar-refractivity contribution in [2.75, 3.05) is 6.61 Å². The fourth-order valence-electron chi connectivity index (χ4n) is 2.14. The van der Waals surface area contributed by atoms with Gasteiger partial charge >= 0.3 is 0 Å². The maximum atomic E-state index is 10.9. The van der Waals surface area contributed by atoms with Gasteiger partial charge in [0.2, 0.25) is 0 Å². The van der Waals surface area contributed by atoms with Crippen molar-refractivity contribution < 1.29 is 14.4 Å². The molecule has 0 N–H and O–H groups in total. The lowest BCUT2D eigenvalue weighted by molar-refractivity contribution is -0.385. The van der Waals surface area contributed by atoms with Crippen molar-refractivity contribution in [1.82, 2.24) is 0 Å². The van der Waals surface area contributed by atoms with Gasteiger partial charge in [-0.2, -0.15) is 0 Å². The summed E-state index contributed by atoms with van der Waals surface area (Å²) in [4.78, 5) is 10.5. The van der Waals surface area contributed by atoms with Crippen molar-refractivity contribution in [3.05, 3.63) is 33.9 Å². The molecule has 19 heavy (non-hydrogen) atoms. The van der Waals surface area contributed by atoms with Crippen LogP contribution in [0.4, 0.5) is 5.69 Å². The number of nitro groups is 1. The van der Waals surface area contributed by atoms with E-state index in [1.54, 1.807) is 19.1 Å². The van der Waals surface area contributed by atoms with Crippen LogP contribution in [0.25, 0.3) is 0 Å². The van der Waals surface area contributed by atoms with Gasteiger partial charge in [-0.25, -0.2) is 0 Å². The number of hydrogen-bond acceptors (Lipinski definition) is 4. The summed E-state index contributed by atoms with van der Waals surface area (Å²) in [6, 6.07) is 4.81. The first kappa shape index (κ1) is 14.1. The van der Waals surface area contributed by atoms with Gasteiger partial charge in [0.05, 0.1) is 15.9 Å². The molecular weight excluding hydrogens is 270 g/mol. The summed E-state index contributed by atoms with van der Waals surface area (Å²) < 4.78 is 11.3. The van der Waals surface area contributed by atoms with Gasteiger partial charge in [-0.3, -0.25) is 10.1 Å². The number of halogens is 1. The van der Waals surface area contributed by atoms with E-state index in [1.165, 1.54) is 6.07 Å². The van der Waals surface area contributed by atoms with Gasteiger partial charge < -0.3 is 9.47 Å². The summed E-state index contributed by atoms with van der Waals surface area (Å²) in [7, 11) is 0. The van der Waals surface area contributed by atoms with E-state index in [0.29, 0.717) is 24.3 Å². The first-order chi connectivity index (χ1) is 9.04. The minimum absolute atomic E-state index is 0.0519. The van der Waals surface area contributed by atoms with Gasteiger partial charge in [-0.15, -0.1) is 11.6 Å². The van der Waals surface area contributed by atoms with Crippen molar-refractivity contribution >= 4 is 17.3 Å². The van der Waals surface area contributed by atoms with E-state index in [1.807, 2.05) is 6.92 Å². The van der Waals surface area contributed by atoms with Crippen LogP contribution in [0.1, 0.15) is 18.9 Å². The summed E-state index contributed by atoms with van der Waals surface area (Å²) in [6.07, 6.45) is 0.405. The molecule has 5 nitrogen and oxygen atoms in total. The molecule has 1 saturated carbocycles. The highest BCUT2D eigenvalue weighted by molar-refractivity contribution is 6.21. The molecule has 1 aromatic rings. The third kappa shape index (κ3) is 2.82. The van der Waals surface area contributed by atoms with Crippen LogP contribution in [-0.4, -0.2) is 29.1 Å². The summed E-state index contributed by atoms with van der Waals surface area (Å²) >= 11 is 6.06. The lowest BCUT2D eigenvalue weighted by Crippen LogP contribution is -2.52. The molecule has 0 spiro atoms. The molecule has 104 valence electrons. The molecule has 0 aromatic heterocycles. The standard InChI is InChI=1S/C13H16ClNO4/c1-3-18-13-9(14)7-12(13)19-11-6-4-5-10(8(11)2)15(16)17/h4-6,9,12-13H,3,7H2,1-2H3. The lowest BCUT2D eigenvalue weighted by atomic mass is 9.91. The number of benzene rings is 1. The number of alkyl halides is 1. The van der Waals surface area contributed by atoms with Gasteiger partial charge in [-0.05, 0) is 19.9 Å². The second-order valence-electron chi connectivity index (χ2n) is 4.49. The predicted molar refractivity (Wildman–Crippen MR) is 71.9 cm³/mol. The molecule has 2 rings (SSSR count). The molecule has 0 aliphatic heterocycles. The second kappa shape index (κ2) is 5.75. The summed E-state index contributed by atoms with van der Waals surface area (Å²) in [5.41, 5.74) is 0.591. The molecule has 3 unspecified atom stereocenters. The second-order valence-corrected chi connectivity index (χ2v) is 5.05. The Kier molecular flexibility index (Phi) is 4.27. The van der Waals surface area contributed by atoms with Gasteiger partial charge in [0.1, 0.15) is 18.0 Å². The third-order valence-corrected chi connectivity index (χ3v) is 3.70. The Morgan fingerprint density at radius 3 is 2.84 bits per heavy atom. The van der Waals surface area contributed by atoms with E-state index in [2.05, 4.69) is 0 Å². The number of nitro benzene ring substituents is 1. The first-order valence-corrected chi connectivity index (χ1v) is 6.64. The number of hydrogen-bond donors (Lipinski definition) is 0. The van der Waals surface area contributed by atoms with E-state index in [9.17, 15) is 10.1 Å². The van der Waals surface area contributed by atoms with Crippen molar-refractivity contribution in [3.63, 3.8) is 0 Å². The fourth-order valence-corrected chi connectivity index (χ4v) is 2.55. The molecule has 0 bridgehead atoms. The van der Waals surface area contributed by atoms with E-state index < -0.39 is 4.92 Å². The highest BCUT2D eigenvalue weighted by atomic mass is 35.5. The topological polar surface area (TPSA) is 61.6 Å². The van der Waals surface area contributed by atoms with Crippen LogP contribution >= 0.6 is 11.6 Å². The van der Waals surface area contributed by atoms with Gasteiger partial charge in [0.25, 0.3) is 5.69 Å². The molecule has 6 heteroatoms. The largest absolute Gasteiger partial charge is 0.487 e. The smallest absolute Gasteiger partial charge is 0.276 e. The molecule has 0 amide bonds. The number of ether oxygens (including phenoxy) is 2. The minimum atomic E-state index is -0.409. The Labute approximate surface area is 116 Å². The monoisotopic (exact) mass is 285 g/mol. The number of rotatable bonds is 5. The summed E-state index contributed by atoms with van der Waals surface area (Å²) in [5, 5.41) is 10.8. The number of nitrogens with zero attached hydrogens (tertiary/aromatic N) is 1. The van der Waals surface area contributed by atoms with Crippen molar-refractivity contribution in [3.8, 4) is 5.75 Å². The SMILES string of the molecule is CCOC1C(Cl)CC1Oc1cccc([N+](=O)[O-])c1C. The molecule has 3 atom stereocenters. The van der Waals surface area contributed by atoms with Crippen LogP contribution in [0.5, 0.6) is 5.75 Å². The molecule has 0 heterocycles. The van der Waals surface area contributed by atoms with Crippen LogP contribution in [0.3, 0.4) is 0 Å². The molecule has 1 fully saturated rings. The molecule has 1 aliphatic carbocycles. The van der Waals surface area contributed by atoms with E-state index >= 15 is 0 Å². The zero-order valence-electron chi connectivity index (χ0n) is 10.8. The lowest BCUT2D eigenvalue weighted by Gasteiger charge is -2.40. The maximum absolute atomic E-state index is 10.9. The fraction of sp³-hybridized carbons (Fsp3) is 0.538. The first-order valence-electron chi connectivity index (χ1n) is 6.21. The zero-order valence-corrected chi connectivity index (χ0v) is 11.6. The summed E-state index contributed by atoms with van der Waals surface area (Å²) in [6.45, 7) is 4.15. The van der Waals surface area contributed by atoms with Crippen molar-refractivity contribution in [1.29, 1.82) is 0 Å². The highest BCUT2D eigenvalue weighted by Gasteiger charge is 2.43. The quantitative estimate of drug-likeness (QED) is 0.474. The van der Waals surface area contributed by atoms with Gasteiger partial charge in [-0.1, -0.05) is 6.07 Å². The zero-order chi connectivity index (χ0) is 14.0. The van der Waals surface area contributed by atoms with Crippen LogP contribution in [0.2, 0.25) is 0 Å². The van der Waals surface area contributed by atoms with Crippen molar-refractivity contribution in [2.45, 2.75) is 37.9 Å². The van der Waals surface area contributed by atoms with E-state index in [0.717, 1.165) is 0 Å². The summed E-state index contributed by atoms with van der Waals surface area (Å²) in [5.74, 6) is 0.521. The molecule has 1 aliphatic rings. The van der Waals surface area contributed by atoms with Crippen LogP contribution in [0.15, 0.2) is 18.2 Å². The van der Waals surface area contributed by atoms with Crippen molar-refractivity contribution in [2.24, 2.45) is 0 Å². The minimum Gasteiger partial charge on any atom is -0.487 e. The Morgan fingerprint density at radius 2 is 2.26 bits per heavy atom. The Hall–Kier alpha value is -1.33. The van der Waals surface area contributed by atoms with E-state index in [4.69, 9.17) is 21.1 Å². The van der Waals surface area contributed by atoms with Gasteiger partial charge in [0, 0.05) is 19.1 Å². The highest BCUT2D eigenvalue weighted by Crippen LogP contribution is 2.35. The third-order valence-electron chi connectivity index (χ3n) is 3.27. The van der Waals surface area contributed by atoms with E-state index in [-0.39, 0.29) is 23.3 Å². The van der Waals surface area contributed by atoms with Crippen LogP contribution in [0, 0.1) is 17.0 Å². The molecule has 0 radical (unpaired) electrons. The maximum Gasteiger partial charge on any atom is 0.276 e. The Morgan fingerprint density at radius 1 is 1.53 bits per heavy atom. The Bertz CT molecular complexity index is 480. The molecular formula is C13H16ClNO4.